The first kappa shape index (κ1) is 19.1. The SMILES string of the molecule is COc1cccc2cc(C(=O)Nc3ccc4c5c(c(=O)[nH]c4c3)CCCC5)c(=O)oc12. The summed E-state index contributed by atoms with van der Waals surface area (Å²) in [6.45, 7) is 0. The fourth-order valence-corrected chi connectivity index (χ4v) is 4.27. The van der Waals surface area contributed by atoms with Crippen molar-refractivity contribution in [2.75, 3.05) is 12.4 Å². The van der Waals surface area contributed by atoms with Crippen molar-refractivity contribution >= 4 is 33.5 Å². The zero-order valence-corrected chi connectivity index (χ0v) is 16.9. The van der Waals surface area contributed by atoms with Crippen LogP contribution in [0.25, 0.3) is 21.9 Å². The Morgan fingerprint density at radius 1 is 1.06 bits per heavy atom. The smallest absolute Gasteiger partial charge is 0.349 e. The predicted octanol–water partition coefficient (Wildman–Crippen LogP) is 3.77. The average molecular weight is 416 g/mol. The van der Waals surface area contributed by atoms with E-state index in [1.54, 1.807) is 30.3 Å². The minimum absolute atomic E-state index is 0.0743. The third-order valence-electron chi connectivity index (χ3n) is 5.78. The molecule has 7 heteroatoms. The van der Waals surface area contributed by atoms with Crippen molar-refractivity contribution < 1.29 is 13.9 Å². The van der Waals surface area contributed by atoms with Crippen molar-refractivity contribution in [3.05, 3.63) is 79.9 Å². The van der Waals surface area contributed by atoms with E-state index in [4.69, 9.17) is 9.15 Å². The number of carbonyl (C=O) groups is 1. The molecule has 0 bridgehead atoms. The number of amides is 1. The summed E-state index contributed by atoms with van der Waals surface area (Å²) in [5.74, 6) is -0.165. The lowest BCUT2D eigenvalue weighted by atomic mass is 9.90. The van der Waals surface area contributed by atoms with Gasteiger partial charge in [0.1, 0.15) is 5.56 Å². The van der Waals surface area contributed by atoms with Crippen molar-refractivity contribution in [2.45, 2.75) is 25.7 Å². The van der Waals surface area contributed by atoms with E-state index in [-0.39, 0.29) is 11.1 Å². The third-order valence-corrected chi connectivity index (χ3v) is 5.78. The molecule has 2 aromatic heterocycles. The Morgan fingerprint density at radius 2 is 1.87 bits per heavy atom. The van der Waals surface area contributed by atoms with Gasteiger partial charge in [-0.05, 0) is 55.5 Å². The molecule has 4 aromatic rings. The third kappa shape index (κ3) is 3.28. The number of aromatic nitrogens is 1. The van der Waals surface area contributed by atoms with Gasteiger partial charge in [-0.2, -0.15) is 0 Å². The van der Waals surface area contributed by atoms with Gasteiger partial charge >= 0.3 is 5.63 Å². The maximum absolute atomic E-state index is 12.8. The van der Waals surface area contributed by atoms with Gasteiger partial charge in [0.15, 0.2) is 11.3 Å². The molecule has 0 radical (unpaired) electrons. The quantitative estimate of drug-likeness (QED) is 0.495. The van der Waals surface area contributed by atoms with Gasteiger partial charge in [-0.15, -0.1) is 0 Å². The van der Waals surface area contributed by atoms with Crippen LogP contribution in [-0.4, -0.2) is 18.0 Å². The number of nitrogens with one attached hydrogen (secondary N) is 2. The van der Waals surface area contributed by atoms with E-state index < -0.39 is 11.5 Å². The lowest BCUT2D eigenvalue weighted by Crippen LogP contribution is -2.21. The Labute approximate surface area is 176 Å². The molecule has 1 aliphatic carbocycles. The summed E-state index contributed by atoms with van der Waals surface area (Å²) < 4.78 is 10.5. The van der Waals surface area contributed by atoms with Crippen LogP contribution in [0.3, 0.4) is 0 Å². The van der Waals surface area contributed by atoms with Crippen LogP contribution in [0.2, 0.25) is 0 Å². The number of pyridine rings is 1. The molecule has 2 N–H and O–H groups in total. The van der Waals surface area contributed by atoms with Crippen LogP contribution in [-0.2, 0) is 12.8 Å². The van der Waals surface area contributed by atoms with Gasteiger partial charge in [0, 0.05) is 22.0 Å². The van der Waals surface area contributed by atoms with E-state index >= 15 is 0 Å². The zero-order chi connectivity index (χ0) is 21.5. The molecule has 2 aromatic carbocycles. The van der Waals surface area contributed by atoms with Crippen molar-refractivity contribution in [2.24, 2.45) is 0 Å². The Kier molecular flexibility index (Phi) is 4.58. The van der Waals surface area contributed by atoms with E-state index in [9.17, 15) is 14.4 Å². The van der Waals surface area contributed by atoms with Crippen molar-refractivity contribution in [1.29, 1.82) is 0 Å². The minimum Gasteiger partial charge on any atom is -0.493 e. The highest BCUT2D eigenvalue weighted by Crippen LogP contribution is 2.28. The highest BCUT2D eigenvalue weighted by molar-refractivity contribution is 6.06. The van der Waals surface area contributed by atoms with Gasteiger partial charge in [-0.3, -0.25) is 9.59 Å². The molecule has 5 rings (SSSR count). The summed E-state index contributed by atoms with van der Waals surface area (Å²) in [5, 5.41) is 4.30. The fraction of sp³-hybridized carbons (Fsp3) is 0.208. The Bertz CT molecular complexity index is 1470. The fourth-order valence-electron chi connectivity index (χ4n) is 4.27. The van der Waals surface area contributed by atoms with Crippen LogP contribution in [0.15, 0.2) is 56.5 Å². The molecule has 0 aliphatic heterocycles. The molecule has 0 saturated carbocycles. The molecule has 156 valence electrons. The standard InChI is InChI=1S/C24H20N2O5/c1-30-20-8-4-5-13-11-18(24(29)31-21(13)20)23(28)25-14-9-10-16-15-6-2-3-7-17(15)22(27)26-19(16)12-14/h4-5,8-12H,2-3,6-7H2,1H3,(H,25,28)(H,26,27). The molecule has 0 atom stereocenters. The molecule has 0 saturated heterocycles. The monoisotopic (exact) mass is 416 g/mol. The Balaban J connectivity index is 1.51. The van der Waals surface area contributed by atoms with Crippen LogP contribution >= 0.6 is 0 Å². The first-order valence-corrected chi connectivity index (χ1v) is 10.1. The van der Waals surface area contributed by atoms with Gasteiger partial charge < -0.3 is 19.5 Å². The summed E-state index contributed by atoms with van der Waals surface area (Å²) >= 11 is 0. The van der Waals surface area contributed by atoms with Crippen molar-refractivity contribution in [3.8, 4) is 5.75 Å². The molecule has 7 nitrogen and oxygen atoms in total. The van der Waals surface area contributed by atoms with E-state index in [0.717, 1.165) is 42.2 Å². The van der Waals surface area contributed by atoms with E-state index in [1.165, 1.54) is 13.2 Å². The highest BCUT2D eigenvalue weighted by Gasteiger charge is 2.18. The van der Waals surface area contributed by atoms with Crippen LogP contribution in [0.4, 0.5) is 5.69 Å². The van der Waals surface area contributed by atoms with Gasteiger partial charge in [-0.1, -0.05) is 18.2 Å². The van der Waals surface area contributed by atoms with Crippen LogP contribution in [0.5, 0.6) is 5.75 Å². The minimum atomic E-state index is -0.752. The number of rotatable bonds is 3. The van der Waals surface area contributed by atoms with Gasteiger partial charge in [0.2, 0.25) is 0 Å². The lowest BCUT2D eigenvalue weighted by molar-refractivity contribution is 0.102. The number of H-pyrrole nitrogens is 1. The second kappa shape index (κ2) is 7.43. The average Bonchev–Trinajstić information content (AvgIpc) is 2.78. The number of hydrogen-bond donors (Lipinski definition) is 2. The number of fused-ring (bicyclic) bond motifs is 4. The van der Waals surface area contributed by atoms with Crippen LogP contribution < -0.4 is 21.2 Å². The molecule has 0 fully saturated rings. The maximum atomic E-state index is 12.8. The second-order valence-corrected chi connectivity index (χ2v) is 7.66. The van der Waals surface area contributed by atoms with Crippen molar-refractivity contribution in [3.63, 3.8) is 0 Å². The number of hydrogen-bond acceptors (Lipinski definition) is 5. The molecule has 0 spiro atoms. The maximum Gasteiger partial charge on any atom is 0.349 e. The number of ether oxygens (including phenoxy) is 1. The highest BCUT2D eigenvalue weighted by atomic mass is 16.5. The number of anilines is 1. The number of benzene rings is 2. The number of methoxy groups -OCH3 is 1. The number of para-hydroxylation sites is 1. The summed E-state index contributed by atoms with van der Waals surface area (Å²) in [6, 6.07) is 12.1. The van der Waals surface area contributed by atoms with Gasteiger partial charge in [0.05, 0.1) is 12.6 Å². The second-order valence-electron chi connectivity index (χ2n) is 7.66. The molecule has 0 unspecified atom stereocenters. The lowest BCUT2D eigenvalue weighted by Gasteiger charge is -2.17. The number of carbonyl (C=O) groups excluding carboxylic acids is 1. The summed E-state index contributed by atoms with van der Waals surface area (Å²) in [4.78, 5) is 40.6. The molecule has 2 heterocycles. The van der Waals surface area contributed by atoms with Crippen LogP contribution in [0.1, 0.15) is 34.3 Å². The van der Waals surface area contributed by atoms with Gasteiger partial charge in [-0.25, -0.2) is 4.79 Å². The molecule has 31 heavy (non-hydrogen) atoms. The number of aryl methyl sites for hydroxylation is 1. The first-order chi connectivity index (χ1) is 15.0. The number of aromatic amines is 1. The van der Waals surface area contributed by atoms with E-state index in [1.807, 2.05) is 6.07 Å². The van der Waals surface area contributed by atoms with Gasteiger partial charge in [0.25, 0.3) is 11.5 Å². The molecular formula is C24H20N2O5. The van der Waals surface area contributed by atoms with E-state index in [0.29, 0.717) is 27.9 Å². The predicted molar refractivity (Wildman–Crippen MR) is 118 cm³/mol. The first-order valence-electron chi connectivity index (χ1n) is 10.1. The van der Waals surface area contributed by atoms with E-state index in [2.05, 4.69) is 10.3 Å². The molecule has 1 amide bonds. The Morgan fingerprint density at radius 3 is 2.68 bits per heavy atom. The normalized spacial score (nSPS) is 13.2. The molecular weight excluding hydrogens is 396 g/mol. The van der Waals surface area contributed by atoms with Crippen LogP contribution in [0, 0.1) is 0 Å². The van der Waals surface area contributed by atoms with Crippen molar-refractivity contribution in [1.82, 2.24) is 4.98 Å². The largest absolute Gasteiger partial charge is 0.493 e. The summed E-state index contributed by atoms with van der Waals surface area (Å²) in [6.07, 6.45) is 3.76. The molecule has 1 aliphatic rings. The topological polar surface area (TPSA) is 101 Å². The Hall–Kier alpha value is -3.87. The summed E-state index contributed by atoms with van der Waals surface area (Å²) in [5.41, 5.74) is 2.45. The zero-order valence-electron chi connectivity index (χ0n) is 16.9. The summed E-state index contributed by atoms with van der Waals surface area (Å²) in [7, 11) is 1.48.